The summed E-state index contributed by atoms with van der Waals surface area (Å²) in [5.74, 6) is -4.26. The van der Waals surface area contributed by atoms with Gasteiger partial charge in [0.1, 0.15) is 18.1 Å². The summed E-state index contributed by atoms with van der Waals surface area (Å²) in [4.78, 5) is 60.4. The lowest BCUT2D eigenvalue weighted by atomic mass is 10.0. The maximum absolute atomic E-state index is 12.9. The van der Waals surface area contributed by atoms with Crippen LogP contribution in [0, 0.1) is 5.92 Å². The Morgan fingerprint density at radius 1 is 0.886 bits per heavy atom. The van der Waals surface area contributed by atoms with Crippen molar-refractivity contribution in [3.63, 3.8) is 0 Å². The number of carbonyl (C=O) groups is 5. The highest BCUT2D eigenvalue weighted by molar-refractivity contribution is 5.94. The summed E-state index contributed by atoms with van der Waals surface area (Å²) in [6, 6.07) is 3.87. The molecule has 0 heterocycles. The summed E-state index contributed by atoms with van der Waals surface area (Å²) in [5.41, 5.74) is 11.4. The number of nitrogens with one attached hydrogen (secondary N) is 3. The van der Waals surface area contributed by atoms with Gasteiger partial charge in [0, 0.05) is 12.8 Å². The highest BCUT2D eigenvalue weighted by Crippen LogP contribution is 2.08. The number of aliphatic hydroxyl groups excluding tert-OH is 1. The van der Waals surface area contributed by atoms with E-state index in [2.05, 4.69) is 16.0 Å². The first-order valence-corrected chi connectivity index (χ1v) is 11.3. The van der Waals surface area contributed by atoms with Crippen molar-refractivity contribution in [2.45, 2.75) is 63.7 Å². The van der Waals surface area contributed by atoms with Crippen LogP contribution in [-0.4, -0.2) is 70.6 Å². The number of carboxylic acid groups (broad SMARTS) is 1. The minimum absolute atomic E-state index is 0.0443. The van der Waals surface area contributed by atoms with Gasteiger partial charge in [-0.05, 0) is 24.3 Å². The normalized spacial score (nSPS) is 14.3. The van der Waals surface area contributed by atoms with Crippen molar-refractivity contribution in [2.75, 3.05) is 6.61 Å². The van der Waals surface area contributed by atoms with Crippen molar-refractivity contribution < 1.29 is 34.2 Å². The summed E-state index contributed by atoms with van der Waals surface area (Å²) in [5, 5.41) is 26.3. The van der Waals surface area contributed by atoms with Gasteiger partial charge in [-0.1, -0.05) is 44.2 Å². The Morgan fingerprint density at radius 2 is 1.43 bits per heavy atom. The van der Waals surface area contributed by atoms with E-state index in [1.807, 2.05) is 13.8 Å². The molecule has 0 aliphatic heterocycles. The highest BCUT2D eigenvalue weighted by Gasteiger charge is 2.30. The van der Waals surface area contributed by atoms with E-state index in [1.54, 1.807) is 30.3 Å². The standard InChI is InChI=1S/C23H35N5O7/c1-13(2)10-16(21(32)27-17(23(34)35)11-14-6-4-3-5-7-14)26-22(33)18(12-29)28-20(31)15(24)8-9-19(25)30/h3-7,13,15-18,29H,8-12,24H2,1-2H3,(H2,25,30)(H,26,33)(H,27,32)(H,28,31)(H,34,35). The van der Waals surface area contributed by atoms with Crippen LogP contribution in [0.5, 0.6) is 0 Å². The lowest BCUT2D eigenvalue weighted by molar-refractivity contribution is -0.142. The van der Waals surface area contributed by atoms with E-state index < -0.39 is 60.4 Å². The molecule has 0 saturated carbocycles. The van der Waals surface area contributed by atoms with Crippen LogP contribution in [-0.2, 0) is 30.4 Å². The number of carbonyl (C=O) groups excluding carboxylic acids is 4. The first-order chi connectivity index (χ1) is 16.4. The van der Waals surface area contributed by atoms with Crippen molar-refractivity contribution in [1.82, 2.24) is 16.0 Å². The molecule has 1 aromatic rings. The van der Waals surface area contributed by atoms with Crippen LogP contribution >= 0.6 is 0 Å². The molecule has 0 aliphatic carbocycles. The predicted molar refractivity (Wildman–Crippen MR) is 127 cm³/mol. The van der Waals surface area contributed by atoms with Gasteiger partial charge in [0.25, 0.3) is 0 Å². The smallest absolute Gasteiger partial charge is 0.326 e. The number of benzene rings is 1. The summed E-state index contributed by atoms with van der Waals surface area (Å²) in [7, 11) is 0. The first kappa shape index (κ1) is 29.5. The number of hydrogen-bond acceptors (Lipinski definition) is 7. The minimum Gasteiger partial charge on any atom is -0.480 e. The Balaban J connectivity index is 2.87. The second-order valence-corrected chi connectivity index (χ2v) is 8.64. The van der Waals surface area contributed by atoms with Gasteiger partial charge in [-0.15, -0.1) is 0 Å². The summed E-state index contributed by atoms with van der Waals surface area (Å²) < 4.78 is 0. The molecule has 194 valence electrons. The molecule has 0 spiro atoms. The molecule has 4 atom stereocenters. The molecule has 0 aromatic heterocycles. The van der Waals surface area contributed by atoms with Gasteiger partial charge in [-0.3, -0.25) is 19.2 Å². The first-order valence-electron chi connectivity index (χ1n) is 11.3. The van der Waals surface area contributed by atoms with Crippen molar-refractivity contribution >= 4 is 29.6 Å². The number of aliphatic carboxylic acids is 1. The fourth-order valence-electron chi connectivity index (χ4n) is 3.20. The molecule has 0 aliphatic rings. The minimum atomic E-state index is -1.41. The van der Waals surface area contributed by atoms with Crippen LogP contribution in [0.4, 0.5) is 0 Å². The summed E-state index contributed by atoms with van der Waals surface area (Å²) >= 11 is 0. The van der Waals surface area contributed by atoms with Crippen molar-refractivity contribution in [3.05, 3.63) is 35.9 Å². The third kappa shape index (κ3) is 11.0. The maximum atomic E-state index is 12.9. The molecule has 12 nitrogen and oxygen atoms in total. The number of amides is 4. The zero-order chi connectivity index (χ0) is 26.5. The average molecular weight is 494 g/mol. The Labute approximate surface area is 203 Å². The van der Waals surface area contributed by atoms with Gasteiger partial charge in [-0.25, -0.2) is 4.79 Å². The number of nitrogens with two attached hydrogens (primary N) is 2. The molecular weight excluding hydrogens is 458 g/mol. The fourth-order valence-corrected chi connectivity index (χ4v) is 3.20. The van der Waals surface area contributed by atoms with E-state index in [0.717, 1.165) is 0 Å². The van der Waals surface area contributed by atoms with Gasteiger partial charge in [0.2, 0.25) is 23.6 Å². The summed E-state index contributed by atoms with van der Waals surface area (Å²) in [6.07, 6.45) is 0.0501. The molecule has 0 bridgehead atoms. The van der Waals surface area contributed by atoms with Gasteiger partial charge in [0.05, 0.1) is 12.6 Å². The van der Waals surface area contributed by atoms with E-state index in [-0.39, 0.29) is 31.6 Å². The quantitative estimate of drug-likeness (QED) is 0.151. The van der Waals surface area contributed by atoms with Crippen LogP contribution in [0.3, 0.4) is 0 Å². The zero-order valence-electron chi connectivity index (χ0n) is 19.9. The Bertz CT molecular complexity index is 878. The highest BCUT2D eigenvalue weighted by atomic mass is 16.4. The predicted octanol–water partition coefficient (Wildman–Crippen LogP) is -1.60. The second kappa shape index (κ2) is 14.7. The maximum Gasteiger partial charge on any atom is 0.326 e. The fraction of sp³-hybridized carbons (Fsp3) is 0.522. The van der Waals surface area contributed by atoms with Crippen LogP contribution < -0.4 is 27.4 Å². The average Bonchev–Trinajstić information content (AvgIpc) is 2.79. The Morgan fingerprint density at radius 3 is 1.94 bits per heavy atom. The molecular formula is C23H35N5O7. The number of hydrogen-bond donors (Lipinski definition) is 7. The van der Waals surface area contributed by atoms with Gasteiger partial charge in [-0.2, -0.15) is 0 Å². The number of primary amides is 1. The van der Waals surface area contributed by atoms with Gasteiger partial charge < -0.3 is 37.6 Å². The Kier molecular flexibility index (Phi) is 12.4. The van der Waals surface area contributed by atoms with Gasteiger partial charge >= 0.3 is 5.97 Å². The second-order valence-electron chi connectivity index (χ2n) is 8.64. The van der Waals surface area contributed by atoms with Crippen molar-refractivity contribution in [3.8, 4) is 0 Å². The molecule has 9 N–H and O–H groups in total. The van der Waals surface area contributed by atoms with Crippen LogP contribution in [0.15, 0.2) is 30.3 Å². The number of rotatable bonds is 15. The SMILES string of the molecule is CC(C)CC(NC(=O)C(CO)NC(=O)C(N)CCC(N)=O)C(=O)NC(Cc1ccccc1)C(=O)O. The molecule has 12 heteroatoms. The van der Waals surface area contributed by atoms with E-state index in [0.29, 0.717) is 5.56 Å². The third-order valence-corrected chi connectivity index (χ3v) is 5.09. The molecule has 0 saturated heterocycles. The van der Waals surface area contributed by atoms with Crippen LogP contribution in [0.1, 0.15) is 38.7 Å². The zero-order valence-corrected chi connectivity index (χ0v) is 19.9. The molecule has 0 fully saturated rings. The van der Waals surface area contributed by atoms with Gasteiger partial charge in [0.15, 0.2) is 0 Å². The Hall–Kier alpha value is -3.51. The molecule has 4 amide bonds. The van der Waals surface area contributed by atoms with Crippen LogP contribution in [0.2, 0.25) is 0 Å². The monoisotopic (exact) mass is 493 g/mol. The molecule has 4 unspecified atom stereocenters. The van der Waals surface area contributed by atoms with Crippen molar-refractivity contribution in [1.29, 1.82) is 0 Å². The molecule has 1 aromatic carbocycles. The molecule has 35 heavy (non-hydrogen) atoms. The number of aliphatic hydroxyl groups is 1. The van der Waals surface area contributed by atoms with E-state index in [4.69, 9.17) is 11.5 Å². The van der Waals surface area contributed by atoms with E-state index in [1.165, 1.54) is 0 Å². The topological polar surface area (TPSA) is 214 Å². The van der Waals surface area contributed by atoms with E-state index in [9.17, 15) is 34.2 Å². The lowest BCUT2D eigenvalue weighted by Crippen LogP contribution is -2.58. The summed E-state index contributed by atoms with van der Waals surface area (Å²) in [6.45, 7) is 2.85. The molecule has 0 radical (unpaired) electrons. The third-order valence-electron chi connectivity index (χ3n) is 5.09. The lowest BCUT2D eigenvalue weighted by Gasteiger charge is -2.25. The van der Waals surface area contributed by atoms with Crippen molar-refractivity contribution in [2.24, 2.45) is 17.4 Å². The van der Waals surface area contributed by atoms with E-state index >= 15 is 0 Å². The van der Waals surface area contributed by atoms with Crippen LogP contribution in [0.25, 0.3) is 0 Å². The molecule has 1 rings (SSSR count). The number of carboxylic acids is 1. The largest absolute Gasteiger partial charge is 0.480 e.